The predicted molar refractivity (Wildman–Crippen MR) is 50.4 cm³/mol. The Morgan fingerprint density at radius 2 is 2.38 bits per heavy atom. The van der Waals surface area contributed by atoms with E-state index in [-0.39, 0.29) is 0 Å². The summed E-state index contributed by atoms with van der Waals surface area (Å²) < 4.78 is 1.76. The Kier molecular flexibility index (Phi) is 2.23. The van der Waals surface area contributed by atoms with Gasteiger partial charge in [-0.15, -0.1) is 5.10 Å². The molecule has 0 saturated heterocycles. The Morgan fingerprint density at radius 1 is 1.46 bits per heavy atom. The largest absolute Gasteiger partial charge is 0.330 e. The van der Waals surface area contributed by atoms with Crippen molar-refractivity contribution < 1.29 is 0 Å². The molecule has 2 N–H and O–H groups in total. The minimum Gasteiger partial charge on any atom is -0.330 e. The summed E-state index contributed by atoms with van der Waals surface area (Å²) in [5.74, 6) is 0. The van der Waals surface area contributed by atoms with Crippen molar-refractivity contribution in [3.05, 3.63) is 30.1 Å². The molecule has 68 valence electrons. The maximum absolute atomic E-state index is 5.44. The lowest BCUT2D eigenvalue weighted by atomic mass is 10.1. The molecular formula is C9H12N4. The number of nitrogens with zero attached hydrogens (tertiary/aromatic N) is 3. The Balaban J connectivity index is 2.26. The summed E-state index contributed by atoms with van der Waals surface area (Å²) in [6.45, 7) is 0.739. The molecule has 0 saturated carbocycles. The van der Waals surface area contributed by atoms with Gasteiger partial charge in [0.1, 0.15) is 0 Å². The van der Waals surface area contributed by atoms with Gasteiger partial charge in [0.15, 0.2) is 0 Å². The standard InChI is InChI=1S/C9H12N4/c10-4-1-2-8-3-5-13-9(6-8)7-11-12-13/h3,5-7H,1-2,4,10H2. The lowest BCUT2D eigenvalue weighted by Crippen LogP contribution is -2.00. The number of nitrogens with two attached hydrogens (primary N) is 1. The van der Waals surface area contributed by atoms with E-state index in [1.807, 2.05) is 6.20 Å². The van der Waals surface area contributed by atoms with Gasteiger partial charge in [-0.2, -0.15) is 0 Å². The minimum atomic E-state index is 0.739. The molecule has 2 aromatic rings. The van der Waals surface area contributed by atoms with Crippen LogP contribution in [0.5, 0.6) is 0 Å². The molecule has 0 unspecified atom stereocenters. The molecule has 0 bridgehead atoms. The van der Waals surface area contributed by atoms with Crippen molar-refractivity contribution in [1.82, 2.24) is 14.8 Å². The summed E-state index contributed by atoms with van der Waals surface area (Å²) in [6.07, 6.45) is 5.73. The quantitative estimate of drug-likeness (QED) is 0.745. The topological polar surface area (TPSA) is 56.2 Å². The van der Waals surface area contributed by atoms with Crippen molar-refractivity contribution in [3.8, 4) is 0 Å². The van der Waals surface area contributed by atoms with E-state index in [1.165, 1.54) is 5.56 Å². The van der Waals surface area contributed by atoms with Gasteiger partial charge in [0.2, 0.25) is 0 Å². The molecule has 2 aromatic heterocycles. The number of rotatable bonds is 3. The van der Waals surface area contributed by atoms with Crippen LogP contribution in [0.3, 0.4) is 0 Å². The zero-order chi connectivity index (χ0) is 9.10. The highest BCUT2D eigenvalue weighted by Crippen LogP contribution is 2.06. The third-order valence-electron chi connectivity index (χ3n) is 2.04. The summed E-state index contributed by atoms with van der Waals surface area (Å²) >= 11 is 0. The first-order valence-corrected chi connectivity index (χ1v) is 4.39. The van der Waals surface area contributed by atoms with E-state index in [4.69, 9.17) is 5.73 Å². The second-order valence-corrected chi connectivity index (χ2v) is 3.03. The van der Waals surface area contributed by atoms with Crippen molar-refractivity contribution in [2.75, 3.05) is 6.54 Å². The second kappa shape index (κ2) is 3.53. The second-order valence-electron chi connectivity index (χ2n) is 3.03. The molecule has 0 fully saturated rings. The molecule has 2 rings (SSSR count). The normalized spacial score (nSPS) is 10.8. The monoisotopic (exact) mass is 176 g/mol. The van der Waals surface area contributed by atoms with Gasteiger partial charge in [-0.05, 0) is 37.1 Å². The van der Waals surface area contributed by atoms with Crippen LogP contribution in [0.2, 0.25) is 0 Å². The number of aromatic nitrogens is 3. The fraction of sp³-hybridized carbons (Fsp3) is 0.333. The average molecular weight is 176 g/mol. The predicted octanol–water partition coefficient (Wildman–Crippen LogP) is 0.621. The van der Waals surface area contributed by atoms with Crippen LogP contribution in [0, 0.1) is 0 Å². The van der Waals surface area contributed by atoms with Crippen molar-refractivity contribution in [2.45, 2.75) is 12.8 Å². The van der Waals surface area contributed by atoms with Crippen LogP contribution in [-0.2, 0) is 6.42 Å². The van der Waals surface area contributed by atoms with Gasteiger partial charge in [-0.25, -0.2) is 4.52 Å². The van der Waals surface area contributed by atoms with Crippen LogP contribution >= 0.6 is 0 Å². The molecule has 4 heteroatoms. The number of fused-ring (bicyclic) bond motifs is 1. The van der Waals surface area contributed by atoms with Crippen LogP contribution in [0.1, 0.15) is 12.0 Å². The highest BCUT2D eigenvalue weighted by Gasteiger charge is 1.96. The van der Waals surface area contributed by atoms with Crippen molar-refractivity contribution in [2.24, 2.45) is 5.73 Å². The minimum absolute atomic E-state index is 0.739. The Hall–Kier alpha value is -1.42. The number of aryl methyl sites for hydroxylation is 1. The SMILES string of the molecule is NCCCc1ccn2nncc2c1. The highest BCUT2D eigenvalue weighted by atomic mass is 15.4. The van der Waals surface area contributed by atoms with Crippen LogP contribution in [0.25, 0.3) is 5.52 Å². The fourth-order valence-electron chi connectivity index (χ4n) is 1.34. The Bertz CT molecular complexity index is 393. The van der Waals surface area contributed by atoms with E-state index in [0.29, 0.717) is 0 Å². The molecule has 0 spiro atoms. The molecule has 0 radical (unpaired) electrons. The van der Waals surface area contributed by atoms with Gasteiger partial charge in [0, 0.05) is 6.20 Å². The third-order valence-corrected chi connectivity index (χ3v) is 2.04. The molecular weight excluding hydrogens is 164 g/mol. The smallest absolute Gasteiger partial charge is 0.0867 e. The van der Waals surface area contributed by atoms with Gasteiger partial charge >= 0.3 is 0 Å². The summed E-state index contributed by atoms with van der Waals surface area (Å²) in [7, 11) is 0. The molecule has 0 amide bonds. The summed E-state index contributed by atoms with van der Waals surface area (Å²) in [4.78, 5) is 0. The van der Waals surface area contributed by atoms with E-state index in [1.54, 1.807) is 10.7 Å². The maximum Gasteiger partial charge on any atom is 0.0867 e. The molecule has 0 aromatic carbocycles. The fourth-order valence-corrected chi connectivity index (χ4v) is 1.34. The molecule has 2 heterocycles. The number of hydrogen-bond acceptors (Lipinski definition) is 3. The number of hydrogen-bond donors (Lipinski definition) is 1. The van der Waals surface area contributed by atoms with E-state index in [0.717, 1.165) is 24.9 Å². The third kappa shape index (κ3) is 1.67. The zero-order valence-electron chi connectivity index (χ0n) is 7.35. The maximum atomic E-state index is 5.44. The highest BCUT2D eigenvalue weighted by molar-refractivity contribution is 5.45. The summed E-state index contributed by atoms with van der Waals surface area (Å²) in [5, 5.41) is 7.69. The van der Waals surface area contributed by atoms with Gasteiger partial charge in [-0.3, -0.25) is 0 Å². The van der Waals surface area contributed by atoms with E-state index >= 15 is 0 Å². The van der Waals surface area contributed by atoms with E-state index in [2.05, 4.69) is 22.4 Å². The van der Waals surface area contributed by atoms with Crippen LogP contribution in [-0.4, -0.2) is 21.4 Å². The zero-order valence-corrected chi connectivity index (χ0v) is 7.35. The summed E-state index contributed by atoms with van der Waals surface area (Å²) in [5.41, 5.74) is 7.77. The molecule has 0 atom stereocenters. The average Bonchev–Trinajstić information content (AvgIpc) is 2.61. The van der Waals surface area contributed by atoms with Gasteiger partial charge < -0.3 is 5.73 Å². The van der Waals surface area contributed by atoms with Crippen molar-refractivity contribution in [3.63, 3.8) is 0 Å². The van der Waals surface area contributed by atoms with E-state index < -0.39 is 0 Å². The van der Waals surface area contributed by atoms with Crippen LogP contribution in [0.4, 0.5) is 0 Å². The molecule has 0 aliphatic heterocycles. The van der Waals surface area contributed by atoms with Crippen LogP contribution < -0.4 is 5.73 Å². The summed E-state index contributed by atoms with van der Waals surface area (Å²) in [6, 6.07) is 4.15. The van der Waals surface area contributed by atoms with Gasteiger partial charge in [0.25, 0.3) is 0 Å². The first-order chi connectivity index (χ1) is 6.40. The Labute approximate surface area is 76.4 Å². The molecule has 0 aliphatic carbocycles. The lowest BCUT2D eigenvalue weighted by Gasteiger charge is -1.99. The molecule has 13 heavy (non-hydrogen) atoms. The van der Waals surface area contributed by atoms with Gasteiger partial charge in [0.05, 0.1) is 11.7 Å². The molecule has 4 nitrogen and oxygen atoms in total. The van der Waals surface area contributed by atoms with Crippen LogP contribution in [0.15, 0.2) is 24.5 Å². The van der Waals surface area contributed by atoms with Crippen molar-refractivity contribution in [1.29, 1.82) is 0 Å². The Morgan fingerprint density at radius 3 is 3.23 bits per heavy atom. The first-order valence-electron chi connectivity index (χ1n) is 4.39. The lowest BCUT2D eigenvalue weighted by molar-refractivity contribution is 0.821. The first kappa shape index (κ1) is 8.19. The van der Waals surface area contributed by atoms with E-state index in [9.17, 15) is 0 Å². The van der Waals surface area contributed by atoms with Crippen molar-refractivity contribution >= 4 is 5.52 Å². The number of pyridine rings is 1. The van der Waals surface area contributed by atoms with Gasteiger partial charge in [-0.1, -0.05) is 5.21 Å². The molecule has 0 aliphatic rings.